The van der Waals surface area contributed by atoms with Gasteiger partial charge in [-0.3, -0.25) is 9.59 Å². The molecule has 0 bridgehead atoms. The van der Waals surface area contributed by atoms with Gasteiger partial charge >= 0.3 is 0 Å². The molecule has 5 nitrogen and oxygen atoms in total. The number of thioether (sulfide) groups is 1. The molecule has 0 unspecified atom stereocenters. The van der Waals surface area contributed by atoms with E-state index in [-0.39, 0.29) is 11.8 Å². The Morgan fingerprint density at radius 2 is 2.08 bits per heavy atom. The van der Waals surface area contributed by atoms with Crippen LogP contribution in [0.15, 0.2) is 23.1 Å². The number of benzene rings is 1. The van der Waals surface area contributed by atoms with Gasteiger partial charge in [0.1, 0.15) is 0 Å². The Morgan fingerprint density at radius 1 is 1.33 bits per heavy atom. The van der Waals surface area contributed by atoms with Crippen molar-refractivity contribution in [2.45, 2.75) is 25.2 Å². The molecule has 2 aliphatic rings. The first kappa shape index (κ1) is 17.3. The highest BCUT2D eigenvalue weighted by Crippen LogP contribution is 2.31. The Balaban J connectivity index is 1.52. The molecule has 6 heteroatoms. The second-order valence-corrected chi connectivity index (χ2v) is 8.03. The Kier molecular flexibility index (Phi) is 5.46. The van der Waals surface area contributed by atoms with Gasteiger partial charge < -0.3 is 15.5 Å². The number of nitrogens with zero attached hydrogens (tertiary/aromatic N) is 1. The molecule has 2 atom stereocenters. The van der Waals surface area contributed by atoms with Gasteiger partial charge in [-0.05, 0) is 36.5 Å². The summed E-state index contributed by atoms with van der Waals surface area (Å²) in [6.07, 6.45) is 1.29. The zero-order chi connectivity index (χ0) is 17.1. The summed E-state index contributed by atoms with van der Waals surface area (Å²) in [6.45, 7) is 8.35. The quantitative estimate of drug-likeness (QED) is 0.878. The van der Waals surface area contributed by atoms with E-state index in [1.165, 1.54) is 18.2 Å². The Bertz CT molecular complexity index is 625. The average molecular weight is 347 g/mol. The van der Waals surface area contributed by atoms with Gasteiger partial charge in [-0.2, -0.15) is 0 Å². The Hall–Kier alpha value is -1.53. The Labute approximate surface area is 147 Å². The second kappa shape index (κ2) is 7.57. The van der Waals surface area contributed by atoms with Crippen molar-refractivity contribution < 1.29 is 9.59 Å². The zero-order valence-electron chi connectivity index (χ0n) is 14.3. The number of anilines is 1. The van der Waals surface area contributed by atoms with E-state index in [2.05, 4.69) is 29.4 Å². The van der Waals surface area contributed by atoms with Gasteiger partial charge in [-0.1, -0.05) is 13.8 Å². The lowest BCUT2D eigenvalue weighted by molar-refractivity contribution is -0.113. The van der Waals surface area contributed by atoms with Crippen LogP contribution in [0.2, 0.25) is 0 Å². The van der Waals surface area contributed by atoms with Crippen molar-refractivity contribution in [1.29, 1.82) is 0 Å². The fourth-order valence-corrected chi connectivity index (χ4v) is 4.42. The zero-order valence-corrected chi connectivity index (χ0v) is 15.1. The summed E-state index contributed by atoms with van der Waals surface area (Å²) in [4.78, 5) is 27.3. The van der Waals surface area contributed by atoms with Crippen molar-refractivity contribution in [3.63, 3.8) is 0 Å². The first-order valence-corrected chi connectivity index (χ1v) is 9.57. The van der Waals surface area contributed by atoms with Crippen LogP contribution < -0.4 is 10.6 Å². The van der Waals surface area contributed by atoms with Crippen LogP contribution in [0.25, 0.3) is 0 Å². The van der Waals surface area contributed by atoms with E-state index in [1.54, 1.807) is 6.07 Å². The normalized spacial score (nSPS) is 24.2. The highest BCUT2D eigenvalue weighted by molar-refractivity contribution is 8.00. The summed E-state index contributed by atoms with van der Waals surface area (Å²) >= 11 is 1.50. The predicted molar refractivity (Wildman–Crippen MR) is 97.5 cm³/mol. The first-order valence-electron chi connectivity index (χ1n) is 8.58. The molecule has 0 aromatic heterocycles. The van der Waals surface area contributed by atoms with Crippen molar-refractivity contribution >= 4 is 29.3 Å². The van der Waals surface area contributed by atoms with Crippen molar-refractivity contribution in [2.75, 3.05) is 37.2 Å². The van der Waals surface area contributed by atoms with Crippen molar-refractivity contribution in [1.82, 2.24) is 10.2 Å². The van der Waals surface area contributed by atoms with Gasteiger partial charge in [0.25, 0.3) is 5.91 Å². The van der Waals surface area contributed by atoms with Gasteiger partial charge in [-0.25, -0.2) is 0 Å². The molecule has 24 heavy (non-hydrogen) atoms. The molecule has 2 heterocycles. The molecule has 2 N–H and O–H groups in total. The van der Waals surface area contributed by atoms with E-state index >= 15 is 0 Å². The Morgan fingerprint density at radius 3 is 2.83 bits per heavy atom. The van der Waals surface area contributed by atoms with Crippen molar-refractivity contribution in [2.24, 2.45) is 11.8 Å². The van der Waals surface area contributed by atoms with E-state index in [1.807, 2.05) is 12.1 Å². The molecule has 1 aromatic carbocycles. The minimum Gasteiger partial charge on any atom is -0.351 e. The smallest absolute Gasteiger partial charge is 0.251 e. The molecule has 0 radical (unpaired) electrons. The van der Waals surface area contributed by atoms with Crippen LogP contribution >= 0.6 is 11.8 Å². The van der Waals surface area contributed by atoms with Gasteiger partial charge in [0.05, 0.1) is 11.4 Å². The number of amides is 2. The summed E-state index contributed by atoms with van der Waals surface area (Å²) < 4.78 is 0. The maximum atomic E-state index is 12.3. The third kappa shape index (κ3) is 4.30. The van der Waals surface area contributed by atoms with Crippen LogP contribution in [0, 0.1) is 11.8 Å². The number of likely N-dealkylation sites (tertiary alicyclic amines) is 1. The maximum Gasteiger partial charge on any atom is 0.251 e. The molecule has 2 aliphatic heterocycles. The average Bonchev–Trinajstić information content (AvgIpc) is 2.53. The van der Waals surface area contributed by atoms with Crippen LogP contribution in [0.4, 0.5) is 5.69 Å². The molecule has 2 amide bonds. The molecule has 3 rings (SSSR count). The van der Waals surface area contributed by atoms with E-state index in [4.69, 9.17) is 0 Å². The number of carbonyl (C=O) groups is 2. The lowest BCUT2D eigenvalue weighted by Gasteiger charge is -2.34. The number of hydrogen-bond acceptors (Lipinski definition) is 4. The first-order chi connectivity index (χ1) is 11.5. The number of fused-ring (bicyclic) bond motifs is 1. The van der Waals surface area contributed by atoms with E-state index in [0.717, 1.165) is 42.1 Å². The molecule has 1 aromatic rings. The topological polar surface area (TPSA) is 61.4 Å². The minimum atomic E-state index is -0.0827. The largest absolute Gasteiger partial charge is 0.351 e. The highest BCUT2D eigenvalue weighted by Gasteiger charge is 2.21. The van der Waals surface area contributed by atoms with Gasteiger partial charge in [-0.15, -0.1) is 11.8 Å². The summed E-state index contributed by atoms with van der Waals surface area (Å²) in [6, 6.07) is 5.49. The van der Waals surface area contributed by atoms with Crippen LogP contribution in [0.3, 0.4) is 0 Å². The highest BCUT2D eigenvalue weighted by atomic mass is 32.2. The monoisotopic (exact) mass is 347 g/mol. The number of nitrogens with one attached hydrogen (secondary N) is 2. The maximum absolute atomic E-state index is 12.3. The number of piperidine rings is 1. The van der Waals surface area contributed by atoms with Crippen molar-refractivity contribution in [3.05, 3.63) is 23.8 Å². The summed E-state index contributed by atoms with van der Waals surface area (Å²) in [5, 5.41) is 5.82. The fourth-order valence-electron chi connectivity index (χ4n) is 3.63. The van der Waals surface area contributed by atoms with Crippen LogP contribution in [0.1, 0.15) is 30.6 Å². The van der Waals surface area contributed by atoms with Gasteiger partial charge in [0, 0.05) is 36.6 Å². The van der Waals surface area contributed by atoms with E-state index in [0.29, 0.717) is 17.9 Å². The van der Waals surface area contributed by atoms with Gasteiger partial charge in [0.2, 0.25) is 5.91 Å². The molecule has 0 spiro atoms. The van der Waals surface area contributed by atoms with Crippen molar-refractivity contribution in [3.8, 4) is 0 Å². The molecule has 1 fully saturated rings. The standard InChI is InChI=1S/C18H25N3O2S/c1-12-7-13(2)10-21(9-12)6-5-19-18(23)14-3-4-16-15(8-14)20-17(22)11-24-16/h3-4,8,12-13H,5-7,9-11H2,1-2H3,(H,19,23)(H,20,22)/t12-,13-/m1/s1. The lowest BCUT2D eigenvalue weighted by Crippen LogP contribution is -2.42. The molecule has 1 saturated heterocycles. The van der Waals surface area contributed by atoms with Gasteiger partial charge in [0.15, 0.2) is 0 Å². The summed E-state index contributed by atoms with van der Waals surface area (Å²) in [7, 11) is 0. The lowest BCUT2D eigenvalue weighted by atomic mass is 9.92. The minimum absolute atomic E-state index is 0.0154. The summed E-state index contributed by atoms with van der Waals surface area (Å²) in [5.41, 5.74) is 1.33. The molecule has 130 valence electrons. The third-order valence-corrected chi connectivity index (χ3v) is 5.61. The number of hydrogen-bond donors (Lipinski definition) is 2. The SMILES string of the molecule is C[C@@H]1C[C@@H](C)CN(CCNC(=O)c2ccc3c(c2)NC(=O)CS3)C1. The molecular weight excluding hydrogens is 322 g/mol. The van der Waals surface area contributed by atoms with E-state index in [9.17, 15) is 9.59 Å². The summed E-state index contributed by atoms with van der Waals surface area (Å²) in [5.74, 6) is 1.79. The second-order valence-electron chi connectivity index (χ2n) is 7.01. The molecule has 0 saturated carbocycles. The van der Waals surface area contributed by atoms with Crippen LogP contribution in [-0.2, 0) is 4.79 Å². The van der Waals surface area contributed by atoms with E-state index < -0.39 is 0 Å². The fraction of sp³-hybridized carbons (Fsp3) is 0.556. The molecular formula is C18H25N3O2S. The predicted octanol–water partition coefficient (Wildman–Crippen LogP) is 2.44. The molecule has 0 aliphatic carbocycles. The third-order valence-electron chi connectivity index (χ3n) is 4.53. The number of carbonyl (C=O) groups excluding carboxylic acids is 2. The van der Waals surface area contributed by atoms with Crippen LogP contribution in [0.5, 0.6) is 0 Å². The number of rotatable bonds is 4. The van der Waals surface area contributed by atoms with Crippen LogP contribution in [-0.4, -0.2) is 48.6 Å².